The number of hydrogen-bond acceptors (Lipinski definition) is 2. The third kappa shape index (κ3) is 1.69. The normalized spacial score (nSPS) is 27.6. The van der Waals surface area contributed by atoms with Gasteiger partial charge in [0.2, 0.25) is 0 Å². The Morgan fingerprint density at radius 2 is 2.07 bits per heavy atom. The second-order valence-corrected chi connectivity index (χ2v) is 4.37. The van der Waals surface area contributed by atoms with E-state index in [0.717, 1.165) is 19.3 Å². The van der Waals surface area contributed by atoms with Crippen molar-refractivity contribution in [2.24, 2.45) is 0 Å². The molecule has 1 aliphatic rings. The molecule has 2 nitrogen and oxygen atoms in total. The number of carbonyl (C=O) groups excluding carboxylic acids is 1. The first kappa shape index (κ1) is 9.38. The molecule has 0 unspecified atom stereocenters. The topological polar surface area (TPSA) is 30.0 Å². The minimum Gasteiger partial charge on any atom is -0.300 e. The van der Waals surface area contributed by atoms with Gasteiger partial charge in [0.15, 0.2) is 0 Å². The molecular weight excluding hydrogens is 174 g/mol. The molecule has 1 aromatic rings. The number of pyridine rings is 1. The maximum atomic E-state index is 11.4. The average molecular weight is 189 g/mol. The van der Waals surface area contributed by atoms with Crippen molar-refractivity contribution in [2.45, 2.75) is 38.0 Å². The third-order valence-corrected chi connectivity index (χ3v) is 3.15. The quantitative estimate of drug-likeness (QED) is 0.679. The summed E-state index contributed by atoms with van der Waals surface area (Å²) in [6.45, 7) is 2.18. The lowest BCUT2D eigenvalue weighted by molar-refractivity contribution is -0.121. The number of ketones is 1. The number of aromatic nitrogens is 1. The van der Waals surface area contributed by atoms with Crippen molar-refractivity contribution in [2.75, 3.05) is 0 Å². The van der Waals surface area contributed by atoms with Crippen LogP contribution in [0, 0.1) is 0 Å². The van der Waals surface area contributed by atoms with Crippen molar-refractivity contribution in [1.29, 1.82) is 0 Å². The zero-order valence-corrected chi connectivity index (χ0v) is 8.49. The monoisotopic (exact) mass is 189 g/mol. The van der Waals surface area contributed by atoms with Gasteiger partial charge >= 0.3 is 0 Å². The molecule has 2 heteroatoms. The molecule has 1 saturated carbocycles. The first-order valence-electron chi connectivity index (χ1n) is 5.13. The van der Waals surface area contributed by atoms with Crippen LogP contribution in [0.1, 0.15) is 38.2 Å². The minimum absolute atomic E-state index is 0.0538. The molecule has 0 N–H and O–H groups in total. The maximum absolute atomic E-state index is 11.4. The molecule has 1 atom stereocenters. The van der Waals surface area contributed by atoms with E-state index in [2.05, 4.69) is 11.9 Å². The molecule has 0 radical (unpaired) electrons. The molecule has 1 aromatic heterocycles. The first-order chi connectivity index (χ1) is 6.71. The van der Waals surface area contributed by atoms with Gasteiger partial charge in [-0.3, -0.25) is 9.78 Å². The summed E-state index contributed by atoms with van der Waals surface area (Å²) >= 11 is 0. The molecule has 0 aliphatic heterocycles. The van der Waals surface area contributed by atoms with Crippen molar-refractivity contribution in [1.82, 2.24) is 4.98 Å². The summed E-state index contributed by atoms with van der Waals surface area (Å²) in [6.07, 6.45) is 7.21. The Hall–Kier alpha value is -1.18. The summed E-state index contributed by atoms with van der Waals surface area (Å²) in [7, 11) is 0. The van der Waals surface area contributed by atoms with Crippen LogP contribution in [0.15, 0.2) is 24.5 Å². The Balaban J connectivity index is 2.27. The van der Waals surface area contributed by atoms with Crippen LogP contribution in [0.25, 0.3) is 0 Å². The van der Waals surface area contributed by atoms with E-state index >= 15 is 0 Å². The molecule has 1 aliphatic carbocycles. The Kier molecular flexibility index (Phi) is 2.36. The van der Waals surface area contributed by atoms with E-state index in [1.807, 2.05) is 12.1 Å². The zero-order valence-electron chi connectivity index (χ0n) is 8.49. The van der Waals surface area contributed by atoms with E-state index in [0.29, 0.717) is 12.2 Å². The summed E-state index contributed by atoms with van der Waals surface area (Å²) in [6, 6.07) is 4.05. The first-order valence-corrected chi connectivity index (χ1v) is 5.13. The van der Waals surface area contributed by atoms with Crippen LogP contribution < -0.4 is 0 Å². The lowest BCUT2D eigenvalue weighted by Gasteiger charge is -2.33. The van der Waals surface area contributed by atoms with Gasteiger partial charge in [0.1, 0.15) is 5.78 Å². The number of hydrogen-bond donors (Lipinski definition) is 0. The number of rotatable bonds is 1. The van der Waals surface area contributed by atoms with E-state index in [4.69, 9.17) is 0 Å². The van der Waals surface area contributed by atoms with Crippen molar-refractivity contribution in [3.05, 3.63) is 30.1 Å². The van der Waals surface area contributed by atoms with Gasteiger partial charge in [-0.15, -0.1) is 0 Å². The maximum Gasteiger partial charge on any atom is 0.133 e. The molecule has 74 valence electrons. The highest BCUT2D eigenvalue weighted by molar-refractivity contribution is 5.80. The number of Topliss-reactive ketones (excluding diaryl/α,β-unsaturated/α-hetero) is 1. The van der Waals surface area contributed by atoms with Gasteiger partial charge in [-0.2, -0.15) is 0 Å². The Morgan fingerprint density at radius 3 is 2.71 bits per heavy atom. The van der Waals surface area contributed by atoms with E-state index in [9.17, 15) is 4.79 Å². The lowest BCUT2D eigenvalue weighted by Crippen LogP contribution is -2.29. The number of nitrogens with zero attached hydrogens (tertiary/aromatic N) is 1. The van der Waals surface area contributed by atoms with Crippen LogP contribution >= 0.6 is 0 Å². The summed E-state index contributed by atoms with van der Waals surface area (Å²) in [5, 5.41) is 0. The molecule has 0 aromatic carbocycles. The largest absolute Gasteiger partial charge is 0.300 e. The average Bonchev–Trinajstić information content (AvgIpc) is 2.19. The van der Waals surface area contributed by atoms with Gasteiger partial charge in [-0.1, -0.05) is 6.92 Å². The van der Waals surface area contributed by atoms with Gasteiger partial charge in [0.25, 0.3) is 0 Å². The third-order valence-electron chi connectivity index (χ3n) is 3.15. The molecule has 2 rings (SSSR count). The van der Waals surface area contributed by atoms with Crippen LogP contribution in [0.2, 0.25) is 0 Å². The SMILES string of the molecule is C[C@]1(c2ccncc2)CCCC(=O)C1. The Morgan fingerprint density at radius 1 is 1.36 bits per heavy atom. The fraction of sp³-hybridized carbons (Fsp3) is 0.500. The van der Waals surface area contributed by atoms with Crippen LogP contribution in [0.4, 0.5) is 0 Å². The molecule has 0 bridgehead atoms. The molecule has 1 heterocycles. The van der Waals surface area contributed by atoms with Gasteiger partial charge in [-0.05, 0) is 36.0 Å². The van der Waals surface area contributed by atoms with E-state index in [1.54, 1.807) is 12.4 Å². The summed E-state index contributed by atoms with van der Waals surface area (Å²) in [4.78, 5) is 15.4. The summed E-state index contributed by atoms with van der Waals surface area (Å²) in [5.41, 5.74) is 1.30. The predicted molar refractivity (Wildman–Crippen MR) is 55.1 cm³/mol. The van der Waals surface area contributed by atoms with E-state index in [-0.39, 0.29) is 5.41 Å². The lowest BCUT2D eigenvalue weighted by atomic mass is 9.71. The number of carbonyl (C=O) groups is 1. The summed E-state index contributed by atoms with van der Waals surface area (Å²) < 4.78 is 0. The van der Waals surface area contributed by atoms with Crippen LogP contribution in [-0.4, -0.2) is 10.8 Å². The minimum atomic E-state index is 0.0538. The van der Waals surface area contributed by atoms with Crippen LogP contribution in [0.5, 0.6) is 0 Å². The predicted octanol–water partition coefficient (Wildman–Crippen LogP) is 2.48. The molecule has 1 fully saturated rings. The summed E-state index contributed by atoms with van der Waals surface area (Å²) in [5.74, 6) is 0.399. The highest BCUT2D eigenvalue weighted by Gasteiger charge is 2.32. The second kappa shape index (κ2) is 3.52. The standard InChI is InChI=1S/C12H15NO/c1-12(6-2-3-11(14)9-12)10-4-7-13-8-5-10/h4-5,7-8H,2-3,6,9H2,1H3/t12-/m0/s1. The van der Waals surface area contributed by atoms with Crippen molar-refractivity contribution < 1.29 is 4.79 Å². The van der Waals surface area contributed by atoms with Gasteiger partial charge < -0.3 is 0 Å². The molecule has 14 heavy (non-hydrogen) atoms. The highest BCUT2D eigenvalue weighted by atomic mass is 16.1. The molecule has 0 spiro atoms. The van der Waals surface area contributed by atoms with Gasteiger partial charge in [-0.25, -0.2) is 0 Å². The van der Waals surface area contributed by atoms with Gasteiger partial charge in [0, 0.05) is 25.2 Å². The van der Waals surface area contributed by atoms with E-state index < -0.39 is 0 Å². The molecule has 0 saturated heterocycles. The second-order valence-electron chi connectivity index (χ2n) is 4.37. The van der Waals surface area contributed by atoms with Crippen LogP contribution in [0.3, 0.4) is 0 Å². The fourth-order valence-corrected chi connectivity index (χ4v) is 2.29. The Bertz CT molecular complexity index is 333. The molecular formula is C12H15NO. The van der Waals surface area contributed by atoms with E-state index in [1.165, 1.54) is 5.56 Å². The van der Waals surface area contributed by atoms with Crippen molar-refractivity contribution in [3.63, 3.8) is 0 Å². The van der Waals surface area contributed by atoms with Crippen LogP contribution in [-0.2, 0) is 10.2 Å². The Labute approximate surface area is 84.4 Å². The zero-order chi connectivity index (χ0) is 10.0. The van der Waals surface area contributed by atoms with Crippen molar-refractivity contribution >= 4 is 5.78 Å². The smallest absolute Gasteiger partial charge is 0.133 e. The highest BCUT2D eigenvalue weighted by Crippen LogP contribution is 2.36. The molecule has 0 amide bonds. The van der Waals surface area contributed by atoms with Crippen molar-refractivity contribution in [3.8, 4) is 0 Å². The van der Waals surface area contributed by atoms with Gasteiger partial charge in [0.05, 0.1) is 0 Å². The fourth-order valence-electron chi connectivity index (χ4n) is 2.29.